The Kier molecular flexibility index (Phi) is 14.8. The molecule has 1 N–H and O–H groups in total. The van der Waals surface area contributed by atoms with E-state index in [4.69, 9.17) is 5.11 Å². The van der Waals surface area contributed by atoms with Crippen LogP contribution < -0.4 is 0 Å². The SMILES string of the molecule is CCCCCCCCCCCCC=CC=COC(=O)O. The molecule has 3 heteroatoms. The van der Waals surface area contributed by atoms with Crippen LogP contribution in [-0.4, -0.2) is 11.3 Å². The first-order chi connectivity index (χ1) is 9.77. The lowest BCUT2D eigenvalue weighted by molar-refractivity contribution is 0.128. The summed E-state index contributed by atoms with van der Waals surface area (Å²) in [7, 11) is 0. The molecule has 0 aromatic carbocycles. The zero-order valence-corrected chi connectivity index (χ0v) is 12.9. The van der Waals surface area contributed by atoms with Crippen molar-refractivity contribution in [1.82, 2.24) is 0 Å². The molecule has 0 rings (SSSR count). The highest BCUT2D eigenvalue weighted by atomic mass is 16.7. The van der Waals surface area contributed by atoms with E-state index in [0.29, 0.717) is 0 Å². The number of rotatable bonds is 13. The third-order valence-electron chi connectivity index (χ3n) is 3.22. The molecule has 0 radical (unpaired) electrons. The Labute approximate surface area is 123 Å². The van der Waals surface area contributed by atoms with Gasteiger partial charge in [0.05, 0.1) is 6.26 Å². The molecule has 0 aliphatic carbocycles. The summed E-state index contributed by atoms with van der Waals surface area (Å²) in [6.07, 6.45) is 19.9. The average Bonchev–Trinajstić information content (AvgIpc) is 2.43. The van der Waals surface area contributed by atoms with Gasteiger partial charge in [-0.3, -0.25) is 0 Å². The Morgan fingerprint density at radius 3 is 2.00 bits per heavy atom. The van der Waals surface area contributed by atoms with Crippen LogP contribution in [0, 0.1) is 0 Å². The van der Waals surface area contributed by atoms with Crippen molar-refractivity contribution in [1.29, 1.82) is 0 Å². The molecule has 0 aliphatic heterocycles. The van der Waals surface area contributed by atoms with Crippen molar-refractivity contribution in [3.63, 3.8) is 0 Å². The predicted molar refractivity (Wildman–Crippen MR) is 83.9 cm³/mol. The molecule has 0 heterocycles. The second-order valence-electron chi connectivity index (χ2n) is 5.11. The Balaban J connectivity index is 3.14. The molecule has 0 aromatic rings. The lowest BCUT2D eigenvalue weighted by atomic mass is 10.1. The van der Waals surface area contributed by atoms with Crippen LogP contribution in [0.15, 0.2) is 24.5 Å². The van der Waals surface area contributed by atoms with Crippen molar-refractivity contribution in [2.75, 3.05) is 0 Å². The number of unbranched alkanes of at least 4 members (excludes halogenated alkanes) is 10. The highest BCUT2D eigenvalue weighted by Crippen LogP contribution is 2.11. The van der Waals surface area contributed by atoms with Gasteiger partial charge in [-0.05, 0) is 18.9 Å². The molecule has 0 amide bonds. The molecule has 0 aliphatic rings. The minimum atomic E-state index is -1.27. The van der Waals surface area contributed by atoms with Crippen molar-refractivity contribution in [2.24, 2.45) is 0 Å². The van der Waals surface area contributed by atoms with E-state index < -0.39 is 6.16 Å². The van der Waals surface area contributed by atoms with Gasteiger partial charge in [0.25, 0.3) is 0 Å². The van der Waals surface area contributed by atoms with Crippen molar-refractivity contribution in [2.45, 2.75) is 77.6 Å². The highest BCUT2D eigenvalue weighted by Gasteiger charge is 1.91. The first-order valence-corrected chi connectivity index (χ1v) is 7.98. The van der Waals surface area contributed by atoms with Gasteiger partial charge in [0.2, 0.25) is 0 Å². The highest BCUT2D eigenvalue weighted by molar-refractivity contribution is 5.57. The Hall–Kier alpha value is -1.25. The van der Waals surface area contributed by atoms with Crippen LogP contribution in [0.25, 0.3) is 0 Å². The van der Waals surface area contributed by atoms with Crippen LogP contribution in [0.4, 0.5) is 4.79 Å². The number of carbonyl (C=O) groups is 1. The molecule has 0 unspecified atom stereocenters. The van der Waals surface area contributed by atoms with Gasteiger partial charge in [0, 0.05) is 0 Å². The van der Waals surface area contributed by atoms with Gasteiger partial charge in [-0.1, -0.05) is 76.9 Å². The van der Waals surface area contributed by atoms with Gasteiger partial charge in [-0.15, -0.1) is 0 Å². The zero-order valence-electron chi connectivity index (χ0n) is 12.9. The fourth-order valence-electron chi connectivity index (χ4n) is 2.07. The average molecular weight is 282 g/mol. The van der Waals surface area contributed by atoms with Crippen molar-refractivity contribution >= 4 is 6.16 Å². The summed E-state index contributed by atoms with van der Waals surface area (Å²) in [5, 5.41) is 8.22. The second kappa shape index (κ2) is 15.8. The molecular formula is C17H30O3. The molecule has 0 bridgehead atoms. The van der Waals surface area contributed by atoms with E-state index in [0.717, 1.165) is 6.42 Å². The van der Waals surface area contributed by atoms with Gasteiger partial charge in [-0.2, -0.15) is 0 Å². The summed E-state index contributed by atoms with van der Waals surface area (Å²) in [6, 6.07) is 0. The summed E-state index contributed by atoms with van der Waals surface area (Å²) in [5.74, 6) is 0. The number of carboxylic acid groups (broad SMARTS) is 1. The van der Waals surface area contributed by atoms with Crippen LogP contribution in [0.2, 0.25) is 0 Å². The smallest absolute Gasteiger partial charge is 0.449 e. The van der Waals surface area contributed by atoms with Crippen LogP contribution in [0.3, 0.4) is 0 Å². The molecule has 0 fully saturated rings. The van der Waals surface area contributed by atoms with E-state index >= 15 is 0 Å². The molecular weight excluding hydrogens is 252 g/mol. The van der Waals surface area contributed by atoms with Crippen molar-refractivity contribution in [3.8, 4) is 0 Å². The quantitative estimate of drug-likeness (QED) is 0.193. The minimum Gasteiger partial charge on any atom is -0.449 e. The lowest BCUT2D eigenvalue weighted by Crippen LogP contribution is -1.90. The fraction of sp³-hybridized carbons (Fsp3) is 0.706. The van der Waals surface area contributed by atoms with Crippen molar-refractivity contribution < 1.29 is 14.6 Å². The van der Waals surface area contributed by atoms with E-state index in [2.05, 4.69) is 11.7 Å². The van der Waals surface area contributed by atoms with Crippen LogP contribution >= 0.6 is 0 Å². The van der Waals surface area contributed by atoms with Gasteiger partial charge in [0.1, 0.15) is 0 Å². The zero-order chi connectivity index (χ0) is 14.9. The fourth-order valence-corrected chi connectivity index (χ4v) is 2.07. The molecule has 0 saturated heterocycles. The molecule has 0 spiro atoms. The summed E-state index contributed by atoms with van der Waals surface area (Å²) in [6.45, 7) is 2.25. The van der Waals surface area contributed by atoms with Crippen LogP contribution in [0.5, 0.6) is 0 Å². The standard InChI is InChI=1S/C17H30O3/c1-2-3-4-5-6-7-8-9-10-11-12-13-14-15-16-20-17(18)19/h13-16H,2-12H2,1H3,(H,18,19). The monoisotopic (exact) mass is 282 g/mol. The van der Waals surface area contributed by atoms with Crippen LogP contribution in [-0.2, 0) is 4.74 Å². The minimum absolute atomic E-state index is 1.05. The number of hydrogen-bond donors (Lipinski definition) is 1. The van der Waals surface area contributed by atoms with E-state index in [1.807, 2.05) is 12.2 Å². The van der Waals surface area contributed by atoms with E-state index in [1.54, 1.807) is 6.08 Å². The molecule has 3 nitrogen and oxygen atoms in total. The first kappa shape index (κ1) is 18.8. The molecule has 0 saturated carbocycles. The summed E-state index contributed by atoms with van der Waals surface area (Å²) >= 11 is 0. The summed E-state index contributed by atoms with van der Waals surface area (Å²) in [4.78, 5) is 10.0. The molecule has 116 valence electrons. The molecule has 20 heavy (non-hydrogen) atoms. The molecule has 0 atom stereocenters. The normalized spacial score (nSPS) is 11.4. The van der Waals surface area contributed by atoms with Gasteiger partial charge in [-0.25, -0.2) is 4.79 Å². The first-order valence-electron chi connectivity index (χ1n) is 7.98. The maximum Gasteiger partial charge on any atom is 0.510 e. The Bertz CT molecular complexity index is 269. The van der Waals surface area contributed by atoms with E-state index in [-0.39, 0.29) is 0 Å². The van der Waals surface area contributed by atoms with E-state index in [9.17, 15) is 4.79 Å². The molecule has 0 aromatic heterocycles. The topological polar surface area (TPSA) is 46.5 Å². The van der Waals surface area contributed by atoms with Crippen molar-refractivity contribution in [3.05, 3.63) is 24.5 Å². The number of ether oxygens (including phenoxy) is 1. The summed E-state index contributed by atoms with van der Waals surface area (Å²) < 4.78 is 4.23. The Morgan fingerprint density at radius 1 is 0.900 bits per heavy atom. The van der Waals surface area contributed by atoms with Gasteiger partial charge < -0.3 is 9.84 Å². The predicted octanol–water partition coefficient (Wildman–Crippen LogP) is 6.06. The third kappa shape index (κ3) is 16.8. The van der Waals surface area contributed by atoms with Gasteiger partial charge in [0.15, 0.2) is 0 Å². The summed E-state index contributed by atoms with van der Waals surface area (Å²) in [5.41, 5.74) is 0. The number of allylic oxidation sites excluding steroid dienone is 3. The third-order valence-corrected chi connectivity index (χ3v) is 3.22. The van der Waals surface area contributed by atoms with Crippen LogP contribution in [0.1, 0.15) is 77.6 Å². The second-order valence-corrected chi connectivity index (χ2v) is 5.11. The van der Waals surface area contributed by atoms with E-state index in [1.165, 1.54) is 70.5 Å². The maximum absolute atomic E-state index is 10.0. The lowest BCUT2D eigenvalue weighted by Gasteiger charge is -2.01. The Morgan fingerprint density at radius 2 is 1.45 bits per heavy atom. The largest absolute Gasteiger partial charge is 0.510 e. The maximum atomic E-state index is 10.0. The van der Waals surface area contributed by atoms with Gasteiger partial charge >= 0.3 is 6.16 Å². The number of hydrogen-bond acceptors (Lipinski definition) is 2.